The molecule has 0 aromatic heterocycles. The second-order valence-electron chi connectivity index (χ2n) is 5.48. The minimum absolute atomic E-state index is 0.194. The van der Waals surface area contributed by atoms with Crippen molar-refractivity contribution >= 4 is 17.5 Å². The van der Waals surface area contributed by atoms with Gasteiger partial charge in [0.15, 0.2) is 0 Å². The predicted octanol–water partition coefficient (Wildman–Crippen LogP) is 2.77. The fraction of sp³-hybridized carbons (Fsp3) is 0.438. The molecule has 0 saturated heterocycles. The maximum atomic E-state index is 12.1. The van der Waals surface area contributed by atoms with Crippen molar-refractivity contribution < 1.29 is 19.2 Å². The highest BCUT2D eigenvalue weighted by atomic mass is 16.7. The molecule has 0 radical (unpaired) electrons. The van der Waals surface area contributed by atoms with Gasteiger partial charge in [-0.05, 0) is 36.1 Å². The second kappa shape index (κ2) is 6.52. The number of benzene rings is 1. The van der Waals surface area contributed by atoms with Crippen LogP contribution in [0.4, 0.5) is 0 Å². The summed E-state index contributed by atoms with van der Waals surface area (Å²) in [5, 5.41) is 3.61. The largest absolute Gasteiger partial charge is 0.494 e. The first-order chi connectivity index (χ1) is 9.97. The molecule has 5 heteroatoms. The lowest BCUT2D eigenvalue weighted by Crippen LogP contribution is -2.09. The Morgan fingerprint density at radius 2 is 2.14 bits per heavy atom. The molecule has 0 N–H and O–H groups in total. The first-order valence-corrected chi connectivity index (χ1v) is 7.02. The highest BCUT2D eigenvalue weighted by Crippen LogP contribution is 2.25. The summed E-state index contributed by atoms with van der Waals surface area (Å²) in [7, 11) is 0. The normalized spacial score (nSPS) is 15.4. The van der Waals surface area contributed by atoms with E-state index < -0.39 is 5.97 Å². The van der Waals surface area contributed by atoms with E-state index >= 15 is 0 Å². The van der Waals surface area contributed by atoms with Crippen molar-refractivity contribution in [1.82, 2.24) is 0 Å². The molecular formula is C16H19NO4. The van der Waals surface area contributed by atoms with Crippen LogP contribution in [0.3, 0.4) is 0 Å². The average Bonchev–Trinajstić information content (AvgIpc) is 2.72. The minimum Gasteiger partial charge on any atom is -0.494 e. The monoisotopic (exact) mass is 289 g/mol. The van der Waals surface area contributed by atoms with Gasteiger partial charge in [0, 0.05) is 18.9 Å². The molecule has 1 aromatic carbocycles. The number of hydrogen-bond acceptors (Lipinski definition) is 5. The Balaban J connectivity index is 2.07. The molecule has 0 amide bonds. The van der Waals surface area contributed by atoms with Crippen LogP contribution in [-0.4, -0.2) is 24.1 Å². The van der Waals surface area contributed by atoms with E-state index in [1.165, 1.54) is 6.92 Å². The standard InChI is InChI=1S/C16H19NO4/c1-10(2)6-7-20-13-4-5-14-12(8-13)9-15(16(14)19)17-21-11(3)18/h4-5,8,10H,6-7,9H2,1-3H3. The zero-order valence-electron chi connectivity index (χ0n) is 12.5. The van der Waals surface area contributed by atoms with Crippen LogP contribution in [0.2, 0.25) is 0 Å². The van der Waals surface area contributed by atoms with Gasteiger partial charge in [0.2, 0.25) is 5.78 Å². The molecule has 1 aromatic rings. The number of Topliss-reactive ketones (excluding diaryl/α,β-unsaturated/α-hetero) is 1. The molecule has 0 aliphatic heterocycles. The molecule has 0 heterocycles. The van der Waals surface area contributed by atoms with E-state index in [4.69, 9.17) is 4.74 Å². The summed E-state index contributed by atoms with van der Waals surface area (Å²) in [6.07, 6.45) is 1.35. The van der Waals surface area contributed by atoms with Gasteiger partial charge in [0.1, 0.15) is 11.5 Å². The third-order valence-electron chi connectivity index (χ3n) is 3.19. The quantitative estimate of drug-likeness (QED) is 0.617. The maximum Gasteiger partial charge on any atom is 0.331 e. The number of nitrogens with zero attached hydrogens (tertiary/aromatic N) is 1. The summed E-state index contributed by atoms with van der Waals surface area (Å²) in [6, 6.07) is 5.37. The number of fused-ring (bicyclic) bond motifs is 1. The Hall–Kier alpha value is -2.17. The van der Waals surface area contributed by atoms with Gasteiger partial charge in [-0.2, -0.15) is 0 Å². The average molecular weight is 289 g/mol. The van der Waals surface area contributed by atoms with Crippen LogP contribution < -0.4 is 4.74 Å². The summed E-state index contributed by atoms with van der Waals surface area (Å²) in [5.41, 5.74) is 1.70. The fourth-order valence-electron chi connectivity index (χ4n) is 2.05. The number of oxime groups is 1. The lowest BCUT2D eigenvalue weighted by Gasteiger charge is -2.08. The van der Waals surface area contributed by atoms with Crippen LogP contribution in [0.15, 0.2) is 23.4 Å². The van der Waals surface area contributed by atoms with E-state index in [0.29, 0.717) is 24.5 Å². The topological polar surface area (TPSA) is 65.0 Å². The first kappa shape index (κ1) is 15.2. The molecule has 0 bridgehead atoms. The summed E-state index contributed by atoms with van der Waals surface area (Å²) >= 11 is 0. The lowest BCUT2D eigenvalue weighted by molar-refractivity contribution is -0.140. The van der Waals surface area contributed by atoms with Gasteiger partial charge < -0.3 is 9.57 Å². The Labute approximate surface area is 123 Å². The molecule has 0 atom stereocenters. The van der Waals surface area contributed by atoms with E-state index in [-0.39, 0.29) is 11.5 Å². The van der Waals surface area contributed by atoms with Gasteiger partial charge in [-0.15, -0.1) is 0 Å². The van der Waals surface area contributed by atoms with Gasteiger partial charge in [0.05, 0.1) is 6.61 Å². The van der Waals surface area contributed by atoms with Crippen LogP contribution in [0, 0.1) is 5.92 Å². The summed E-state index contributed by atoms with van der Waals surface area (Å²) < 4.78 is 5.67. The summed E-state index contributed by atoms with van der Waals surface area (Å²) in [5.74, 6) is 0.600. The number of ketones is 1. The van der Waals surface area contributed by atoms with Crippen LogP contribution in [0.1, 0.15) is 43.1 Å². The maximum absolute atomic E-state index is 12.1. The molecule has 0 unspecified atom stereocenters. The van der Waals surface area contributed by atoms with Crippen molar-refractivity contribution in [2.24, 2.45) is 11.1 Å². The molecule has 1 aliphatic carbocycles. The molecule has 1 aliphatic rings. The highest BCUT2D eigenvalue weighted by molar-refractivity contribution is 6.49. The zero-order chi connectivity index (χ0) is 15.4. The van der Waals surface area contributed by atoms with Crippen LogP contribution in [-0.2, 0) is 16.1 Å². The van der Waals surface area contributed by atoms with Gasteiger partial charge >= 0.3 is 5.97 Å². The SMILES string of the molecule is CC(=O)ON=C1Cc2cc(OCCC(C)C)ccc2C1=O. The number of ether oxygens (including phenoxy) is 1. The molecule has 0 saturated carbocycles. The summed E-state index contributed by atoms with van der Waals surface area (Å²) in [6.45, 7) is 6.18. The van der Waals surface area contributed by atoms with Gasteiger partial charge in [-0.3, -0.25) is 4.79 Å². The van der Waals surface area contributed by atoms with E-state index in [0.717, 1.165) is 17.7 Å². The van der Waals surface area contributed by atoms with Crippen molar-refractivity contribution in [2.45, 2.75) is 33.6 Å². The molecule has 0 spiro atoms. The second-order valence-corrected chi connectivity index (χ2v) is 5.48. The molecule has 112 valence electrons. The van der Waals surface area contributed by atoms with Crippen molar-refractivity contribution in [3.8, 4) is 5.75 Å². The van der Waals surface area contributed by atoms with Crippen molar-refractivity contribution in [2.75, 3.05) is 6.61 Å². The highest BCUT2D eigenvalue weighted by Gasteiger charge is 2.27. The van der Waals surface area contributed by atoms with E-state index in [9.17, 15) is 9.59 Å². The van der Waals surface area contributed by atoms with Gasteiger partial charge in [-0.25, -0.2) is 4.79 Å². The van der Waals surface area contributed by atoms with Crippen LogP contribution in [0.5, 0.6) is 5.75 Å². The van der Waals surface area contributed by atoms with E-state index in [1.54, 1.807) is 12.1 Å². The predicted molar refractivity (Wildman–Crippen MR) is 78.6 cm³/mol. The number of carbonyl (C=O) groups is 2. The Bertz CT molecular complexity index is 590. The van der Waals surface area contributed by atoms with Crippen molar-refractivity contribution in [3.05, 3.63) is 29.3 Å². The zero-order valence-corrected chi connectivity index (χ0v) is 12.5. The molecule has 2 rings (SSSR count). The molecule has 5 nitrogen and oxygen atoms in total. The van der Waals surface area contributed by atoms with E-state index in [2.05, 4.69) is 23.8 Å². The minimum atomic E-state index is -0.538. The van der Waals surface area contributed by atoms with E-state index in [1.807, 2.05) is 6.07 Å². The van der Waals surface area contributed by atoms with Crippen molar-refractivity contribution in [1.29, 1.82) is 0 Å². The third kappa shape index (κ3) is 3.90. The van der Waals surface area contributed by atoms with Crippen molar-refractivity contribution in [3.63, 3.8) is 0 Å². The first-order valence-electron chi connectivity index (χ1n) is 7.02. The van der Waals surface area contributed by atoms with Crippen LogP contribution >= 0.6 is 0 Å². The van der Waals surface area contributed by atoms with Gasteiger partial charge in [0.25, 0.3) is 0 Å². The number of carbonyl (C=O) groups excluding carboxylic acids is 2. The number of rotatable bonds is 5. The fourth-order valence-corrected chi connectivity index (χ4v) is 2.05. The Kier molecular flexibility index (Phi) is 4.73. The Morgan fingerprint density at radius 1 is 1.38 bits per heavy atom. The van der Waals surface area contributed by atoms with Gasteiger partial charge in [-0.1, -0.05) is 19.0 Å². The smallest absolute Gasteiger partial charge is 0.331 e. The Morgan fingerprint density at radius 3 is 2.81 bits per heavy atom. The molecule has 0 fully saturated rings. The van der Waals surface area contributed by atoms with Crippen LogP contribution in [0.25, 0.3) is 0 Å². The molecule has 21 heavy (non-hydrogen) atoms. The lowest BCUT2D eigenvalue weighted by atomic mass is 10.1. The molecular weight excluding hydrogens is 270 g/mol. The summed E-state index contributed by atoms with van der Waals surface area (Å²) in [4.78, 5) is 27.4. The number of hydrogen-bond donors (Lipinski definition) is 0. The third-order valence-corrected chi connectivity index (χ3v) is 3.19.